The Kier molecular flexibility index (Phi) is 4.19. The Morgan fingerprint density at radius 1 is 1.37 bits per heavy atom. The average Bonchev–Trinajstić information content (AvgIpc) is 2.85. The van der Waals surface area contributed by atoms with Crippen LogP contribution in [0.25, 0.3) is 0 Å². The molecule has 1 N–H and O–H groups in total. The van der Waals surface area contributed by atoms with Gasteiger partial charge in [-0.15, -0.1) is 0 Å². The molecule has 1 aromatic carbocycles. The lowest BCUT2D eigenvalue weighted by atomic mass is 10.2. The number of rotatable bonds is 5. The molecule has 0 saturated carbocycles. The van der Waals surface area contributed by atoms with Gasteiger partial charge < -0.3 is 9.88 Å². The van der Waals surface area contributed by atoms with Crippen LogP contribution in [0.4, 0.5) is 10.1 Å². The minimum absolute atomic E-state index is 0.327. The van der Waals surface area contributed by atoms with Gasteiger partial charge in [0.05, 0.1) is 11.3 Å². The molecule has 4 heteroatoms. The van der Waals surface area contributed by atoms with E-state index in [1.807, 2.05) is 18.3 Å². The van der Waals surface area contributed by atoms with Crippen LogP contribution >= 0.6 is 0 Å². The summed E-state index contributed by atoms with van der Waals surface area (Å²) >= 11 is 0. The first-order valence-electron chi connectivity index (χ1n) is 6.31. The van der Waals surface area contributed by atoms with Gasteiger partial charge in [0, 0.05) is 25.5 Å². The van der Waals surface area contributed by atoms with Crippen molar-refractivity contribution in [3.63, 3.8) is 0 Å². The zero-order valence-electron chi connectivity index (χ0n) is 10.9. The first-order valence-corrected chi connectivity index (χ1v) is 6.31. The topological polar surface area (TPSA) is 40.8 Å². The summed E-state index contributed by atoms with van der Waals surface area (Å²) in [5.41, 5.74) is 2.13. The summed E-state index contributed by atoms with van der Waals surface area (Å²) in [4.78, 5) is 0. The van der Waals surface area contributed by atoms with Crippen molar-refractivity contribution >= 4 is 5.69 Å². The first kappa shape index (κ1) is 13.2. The SMILES string of the molecule is CCCn1ccc(CNc2ccc(F)cc2C#N)c1. The highest BCUT2D eigenvalue weighted by atomic mass is 19.1. The van der Waals surface area contributed by atoms with Crippen molar-refractivity contribution in [2.24, 2.45) is 0 Å². The van der Waals surface area contributed by atoms with E-state index in [9.17, 15) is 4.39 Å². The Bertz CT molecular complexity index is 596. The van der Waals surface area contributed by atoms with Crippen LogP contribution in [0.5, 0.6) is 0 Å². The number of aromatic nitrogens is 1. The molecule has 0 spiro atoms. The Morgan fingerprint density at radius 3 is 2.95 bits per heavy atom. The number of hydrogen-bond acceptors (Lipinski definition) is 2. The van der Waals surface area contributed by atoms with E-state index in [0.29, 0.717) is 17.8 Å². The number of hydrogen-bond donors (Lipinski definition) is 1. The molecule has 0 fully saturated rings. The molecule has 0 radical (unpaired) electrons. The highest BCUT2D eigenvalue weighted by Crippen LogP contribution is 2.17. The zero-order valence-corrected chi connectivity index (χ0v) is 10.9. The fraction of sp³-hybridized carbons (Fsp3) is 0.267. The molecule has 2 aromatic rings. The Morgan fingerprint density at radius 2 is 2.21 bits per heavy atom. The Balaban J connectivity index is 2.04. The van der Waals surface area contributed by atoms with Crippen molar-refractivity contribution in [3.05, 3.63) is 53.6 Å². The van der Waals surface area contributed by atoms with Crippen LogP contribution < -0.4 is 5.32 Å². The third-order valence-electron chi connectivity index (χ3n) is 2.88. The van der Waals surface area contributed by atoms with Crippen LogP contribution in [0.3, 0.4) is 0 Å². The van der Waals surface area contributed by atoms with Crippen molar-refractivity contribution in [1.29, 1.82) is 5.26 Å². The largest absolute Gasteiger partial charge is 0.380 e. The fourth-order valence-electron chi connectivity index (χ4n) is 1.95. The van der Waals surface area contributed by atoms with Gasteiger partial charge in [0.2, 0.25) is 0 Å². The number of nitrogens with zero attached hydrogens (tertiary/aromatic N) is 2. The lowest BCUT2D eigenvalue weighted by Crippen LogP contribution is -2.01. The van der Waals surface area contributed by atoms with Crippen molar-refractivity contribution in [2.75, 3.05) is 5.32 Å². The summed E-state index contributed by atoms with van der Waals surface area (Å²) in [7, 11) is 0. The van der Waals surface area contributed by atoms with Crippen LogP contribution in [-0.2, 0) is 13.1 Å². The fourth-order valence-corrected chi connectivity index (χ4v) is 1.95. The van der Waals surface area contributed by atoms with E-state index in [-0.39, 0.29) is 0 Å². The third-order valence-corrected chi connectivity index (χ3v) is 2.88. The van der Waals surface area contributed by atoms with Gasteiger partial charge in [-0.25, -0.2) is 4.39 Å². The molecule has 0 bridgehead atoms. The molecule has 3 nitrogen and oxygen atoms in total. The first-order chi connectivity index (χ1) is 9.22. The van der Waals surface area contributed by atoms with Gasteiger partial charge in [-0.2, -0.15) is 5.26 Å². The standard InChI is InChI=1S/C15H16FN3/c1-2-6-19-7-5-12(11-19)10-18-15-4-3-14(16)8-13(15)9-17/h3-5,7-8,11,18H,2,6,10H2,1H3. The maximum absolute atomic E-state index is 13.0. The average molecular weight is 257 g/mol. The zero-order chi connectivity index (χ0) is 13.7. The Labute approximate surface area is 112 Å². The van der Waals surface area contributed by atoms with Gasteiger partial charge in [-0.05, 0) is 36.2 Å². The van der Waals surface area contributed by atoms with Gasteiger partial charge in [0.15, 0.2) is 0 Å². The Hall–Kier alpha value is -2.28. The van der Waals surface area contributed by atoms with Crippen LogP contribution in [0.1, 0.15) is 24.5 Å². The van der Waals surface area contributed by atoms with E-state index < -0.39 is 5.82 Å². The van der Waals surface area contributed by atoms with Crippen molar-refractivity contribution < 1.29 is 4.39 Å². The molecule has 0 atom stereocenters. The van der Waals surface area contributed by atoms with Crippen LogP contribution in [0, 0.1) is 17.1 Å². The monoisotopic (exact) mass is 257 g/mol. The second kappa shape index (κ2) is 6.05. The predicted molar refractivity (Wildman–Crippen MR) is 73.2 cm³/mol. The van der Waals surface area contributed by atoms with Gasteiger partial charge in [-0.3, -0.25) is 0 Å². The molecule has 0 aliphatic rings. The minimum Gasteiger partial charge on any atom is -0.380 e. The minimum atomic E-state index is -0.392. The summed E-state index contributed by atoms with van der Waals surface area (Å²) in [6.07, 6.45) is 5.21. The molecule has 2 rings (SSSR count). The van der Waals surface area contributed by atoms with Gasteiger partial charge >= 0.3 is 0 Å². The van der Waals surface area contributed by atoms with E-state index in [0.717, 1.165) is 18.5 Å². The molecule has 0 saturated heterocycles. The van der Waals surface area contributed by atoms with E-state index in [1.54, 1.807) is 6.07 Å². The summed E-state index contributed by atoms with van der Waals surface area (Å²) in [6, 6.07) is 8.22. The lowest BCUT2D eigenvalue weighted by molar-refractivity contribution is 0.627. The number of benzene rings is 1. The van der Waals surface area contributed by atoms with Crippen LogP contribution in [0.15, 0.2) is 36.7 Å². The maximum atomic E-state index is 13.0. The molecule has 0 amide bonds. The molecule has 98 valence electrons. The van der Waals surface area contributed by atoms with Gasteiger partial charge in [-0.1, -0.05) is 6.92 Å². The molecule has 0 aliphatic heterocycles. The molecule has 1 heterocycles. The summed E-state index contributed by atoms with van der Waals surface area (Å²) < 4.78 is 15.1. The van der Waals surface area contributed by atoms with E-state index in [4.69, 9.17) is 5.26 Å². The van der Waals surface area contributed by atoms with Gasteiger partial charge in [0.25, 0.3) is 0 Å². The van der Waals surface area contributed by atoms with E-state index >= 15 is 0 Å². The summed E-state index contributed by atoms with van der Waals surface area (Å²) in [5, 5.41) is 12.1. The number of anilines is 1. The second-order valence-corrected chi connectivity index (χ2v) is 4.41. The predicted octanol–water partition coefficient (Wildman–Crippen LogP) is 3.52. The van der Waals surface area contributed by atoms with Crippen molar-refractivity contribution in [3.8, 4) is 6.07 Å². The molecule has 0 unspecified atom stereocenters. The number of nitriles is 1. The number of nitrogens with one attached hydrogen (secondary N) is 1. The summed E-state index contributed by atoms with van der Waals surface area (Å²) in [6.45, 7) is 3.76. The number of halogens is 1. The van der Waals surface area contributed by atoms with E-state index in [1.165, 1.54) is 12.1 Å². The van der Waals surface area contributed by atoms with Crippen LogP contribution in [-0.4, -0.2) is 4.57 Å². The third kappa shape index (κ3) is 3.35. The molecular weight excluding hydrogens is 241 g/mol. The molecule has 19 heavy (non-hydrogen) atoms. The smallest absolute Gasteiger partial charge is 0.124 e. The molecule has 1 aromatic heterocycles. The number of aryl methyl sites for hydroxylation is 1. The maximum Gasteiger partial charge on any atom is 0.124 e. The highest BCUT2D eigenvalue weighted by Gasteiger charge is 2.04. The molecular formula is C15H16FN3. The van der Waals surface area contributed by atoms with Crippen LogP contribution in [0.2, 0.25) is 0 Å². The van der Waals surface area contributed by atoms with Crippen molar-refractivity contribution in [2.45, 2.75) is 26.4 Å². The van der Waals surface area contributed by atoms with Crippen molar-refractivity contribution in [1.82, 2.24) is 4.57 Å². The quantitative estimate of drug-likeness (QED) is 0.890. The second-order valence-electron chi connectivity index (χ2n) is 4.41. The normalized spacial score (nSPS) is 10.2. The molecule has 0 aliphatic carbocycles. The lowest BCUT2D eigenvalue weighted by Gasteiger charge is -2.07. The highest BCUT2D eigenvalue weighted by molar-refractivity contribution is 5.57. The van der Waals surface area contributed by atoms with E-state index in [2.05, 4.69) is 23.0 Å². The summed E-state index contributed by atoms with van der Waals surface area (Å²) in [5.74, 6) is -0.392. The van der Waals surface area contributed by atoms with Gasteiger partial charge in [0.1, 0.15) is 11.9 Å².